The molecule has 0 unspecified atom stereocenters. The van der Waals surface area contributed by atoms with Crippen LogP contribution in [0.25, 0.3) is 11.1 Å². The summed E-state index contributed by atoms with van der Waals surface area (Å²) in [4.78, 5) is 0. The summed E-state index contributed by atoms with van der Waals surface area (Å²) in [5, 5.41) is 3.31. The lowest BCUT2D eigenvalue weighted by atomic mass is 10.0. The van der Waals surface area contributed by atoms with Crippen molar-refractivity contribution in [2.45, 2.75) is 13.0 Å². The molecule has 1 atom stereocenters. The van der Waals surface area contributed by atoms with E-state index in [1.807, 2.05) is 0 Å². The van der Waals surface area contributed by atoms with Crippen molar-refractivity contribution in [3.63, 3.8) is 0 Å². The largest absolute Gasteiger partial charge is 0.383 e. The van der Waals surface area contributed by atoms with Crippen molar-refractivity contribution in [3.05, 3.63) is 54.1 Å². The summed E-state index contributed by atoms with van der Waals surface area (Å²) >= 11 is 4.17. The van der Waals surface area contributed by atoms with E-state index >= 15 is 0 Å². The Morgan fingerprint density at radius 2 is 1.84 bits per heavy atom. The minimum atomic E-state index is 0.0831. The van der Waals surface area contributed by atoms with E-state index in [2.05, 4.69) is 73.4 Å². The maximum Gasteiger partial charge on any atom is 0.0341 e. The first kappa shape index (κ1) is 14.0. The molecular formula is C16H20N2S. The number of nitrogens with two attached hydrogens (primary N) is 1. The van der Waals surface area contributed by atoms with Gasteiger partial charge in [-0.2, -0.15) is 12.6 Å². The molecule has 0 fully saturated rings. The summed E-state index contributed by atoms with van der Waals surface area (Å²) in [6.07, 6.45) is 0. The van der Waals surface area contributed by atoms with Gasteiger partial charge in [-0.05, 0) is 30.2 Å². The number of anilines is 1. The first-order valence-electron chi connectivity index (χ1n) is 6.46. The van der Waals surface area contributed by atoms with Crippen LogP contribution in [-0.4, -0.2) is 18.3 Å². The predicted octanol–water partition coefficient (Wildman–Crippen LogP) is 3.33. The zero-order valence-corrected chi connectivity index (χ0v) is 12.0. The molecule has 0 radical (unpaired) electrons. The van der Waals surface area contributed by atoms with Crippen molar-refractivity contribution >= 4 is 18.3 Å². The van der Waals surface area contributed by atoms with Crippen LogP contribution in [0, 0.1) is 6.92 Å². The van der Waals surface area contributed by atoms with Gasteiger partial charge in [-0.15, -0.1) is 0 Å². The van der Waals surface area contributed by atoms with Crippen molar-refractivity contribution in [3.8, 4) is 11.1 Å². The minimum absolute atomic E-state index is 0.0831. The van der Waals surface area contributed by atoms with Gasteiger partial charge in [-0.1, -0.05) is 42.0 Å². The average molecular weight is 272 g/mol. The van der Waals surface area contributed by atoms with Crippen LogP contribution in [-0.2, 0) is 0 Å². The molecule has 0 saturated heterocycles. The van der Waals surface area contributed by atoms with Crippen LogP contribution >= 0.6 is 12.6 Å². The van der Waals surface area contributed by atoms with Gasteiger partial charge < -0.3 is 11.1 Å². The van der Waals surface area contributed by atoms with Crippen LogP contribution in [0.15, 0.2) is 48.5 Å². The first-order valence-corrected chi connectivity index (χ1v) is 7.09. The zero-order valence-electron chi connectivity index (χ0n) is 11.1. The Hall–Kier alpha value is -1.45. The number of rotatable bonds is 5. The molecule has 0 aliphatic heterocycles. The van der Waals surface area contributed by atoms with Gasteiger partial charge in [0.2, 0.25) is 0 Å². The van der Waals surface area contributed by atoms with E-state index < -0.39 is 0 Å². The molecule has 2 aromatic rings. The number of nitrogens with one attached hydrogen (secondary N) is 1. The molecule has 2 rings (SSSR count). The Balaban J connectivity index is 2.06. The number of hydrogen-bond acceptors (Lipinski definition) is 3. The highest BCUT2D eigenvalue weighted by molar-refractivity contribution is 7.80. The van der Waals surface area contributed by atoms with E-state index in [1.54, 1.807) is 0 Å². The van der Waals surface area contributed by atoms with Gasteiger partial charge in [0.25, 0.3) is 0 Å². The van der Waals surface area contributed by atoms with Crippen LogP contribution in [0.1, 0.15) is 5.56 Å². The topological polar surface area (TPSA) is 38.0 Å². The number of thiol groups is 1. The van der Waals surface area contributed by atoms with Crippen LogP contribution in [0.5, 0.6) is 0 Å². The maximum atomic E-state index is 5.82. The highest BCUT2D eigenvalue weighted by Gasteiger charge is 2.01. The van der Waals surface area contributed by atoms with Crippen LogP contribution in [0.4, 0.5) is 5.69 Å². The van der Waals surface area contributed by atoms with E-state index in [4.69, 9.17) is 5.73 Å². The van der Waals surface area contributed by atoms with Crippen molar-refractivity contribution in [1.82, 2.24) is 0 Å². The molecular weight excluding hydrogens is 252 g/mol. The van der Waals surface area contributed by atoms with Gasteiger partial charge in [0.1, 0.15) is 0 Å². The Bertz CT molecular complexity index is 523. The fourth-order valence-electron chi connectivity index (χ4n) is 1.92. The Morgan fingerprint density at radius 1 is 1.11 bits per heavy atom. The molecule has 2 nitrogen and oxygen atoms in total. The van der Waals surface area contributed by atoms with Crippen molar-refractivity contribution in [1.29, 1.82) is 0 Å². The third kappa shape index (κ3) is 4.01. The number of hydrogen-bond donors (Lipinski definition) is 3. The maximum absolute atomic E-state index is 5.82. The summed E-state index contributed by atoms with van der Waals surface area (Å²) in [5.41, 5.74) is 10.7. The zero-order chi connectivity index (χ0) is 13.7. The minimum Gasteiger partial charge on any atom is -0.383 e. The summed E-state index contributed by atoms with van der Waals surface area (Å²) in [7, 11) is 0. The van der Waals surface area contributed by atoms with Gasteiger partial charge in [0.15, 0.2) is 0 Å². The van der Waals surface area contributed by atoms with Gasteiger partial charge in [-0.25, -0.2) is 0 Å². The molecule has 0 aromatic heterocycles. The lowest BCUT2D eigenvalue weighted by Crippen LogP contribution is -2.30. The molecule has 0 saturated carbocycles. The highest BCUT2D eigenvalue weighted by Crippen LogP contribution is 2.22. The van der Waals surface area contributed by atoms with Gasteiger partial charge in [-0.3, -0.25) is 0 Å². The number of benzene rings is 2. The molecule has 0 aliphatic carbocycles. The molecule has 19 heavy (non-hydrogen) atoms. The third-order valence-electron chi connectivity index (χ3n) is 3.04. The average Bonchev–Trinajstić information content (AvgIpc) is 2.45. The SMILES string of the molecule is Cc1cccc(-c2ccc(NC[C@@H](N)CS)cc2)c1. The molecule has 0 heterocycles. The quantitative estimate of drug-likeness (QED) is 0.730. The third-order valence-corrected chi connectivity index (χ3v) is 3.51. The molecule has 0 aliphatic rings. The summed E-state index contributed by atoms with van der Waals surface area (Å²) in [5.74, 6) is 0.689. The smallest absolute Gasteiger partial charge is 0.0341 e. The second kappa shape index (κ2) is 6.64. The summed E-state index contributed by atoms with van der Waals surface area (Å²) < 4.78 is 0. The van der Waals surface area contributed by atoms with E-state index in [-0.39, 0.29) is 6.04 Å². The lowest BCUT2D eigenvalue weighted by molar-refractivity contribution is 0.794. The predicted molar refractivity (Wildman–Crippen MR) is 86.9 cm³/mol. The van der Waals surface area contributed by atoms with Crippen molar-refractivity contribution in [2.75, 3.05) is 17.6 Å². The van der Waals surface area contributed by atoms with E-state index in [0.717, 1.165) is 12.2 Å². The molecule has 3 N–H and O–H groups in total. The lowest BCUT2D eigenvalue weighted by Gasteiger charge is -2.11. The Morgan fingerprint density at radius 3 is 2.47 bits per heavy atom. The van der Waals surface area contributed by atoms with Crippen molar-refractivity contribution in [2.24, 2.45) is 5.73 Å². The van der Waals surface area contributed by atoms with Crippen LogP contribution in [0.3, 0.4) is 0 Å². The molecule has 0 bridgehead atoms. The number of aryl methyl sites for hydroxylation is 1. The molecule has 3 heteroatoms. The second-order valence-corrected chi connectivity index (χ2v) is 5.14. The van der Waals surface area contributed by atoms with E-state index in [1.165, 1.54) is 16.7 Å². The molecule has 0 amide bonds. The molecule has 100 valence electrons. The van der Waals surface area contributed by atoms with E-state index in [9.17, 15) is 0 Å². The first-order chi connectivity index (χ1) is 9.19. The Kier molecular flexibility index (Phi) is 4.88. The van der Waals surface area contributed by atoms with Crippen molar-refractivity contribution < 1.29 is 0 Å². The van der Waals surface area contributed by atoms with Gasteiger partial charge >= 0.3 is 0 Å². The van der Waals surface area contributed by atoms with Gasteiger partial charge in [0.05, 0.1) is 0 Å². The molecule has 0 spiro atoms. The molecule has 2 aromatic carbocycles. The summed E-state index contributed by atoms with van der Waals surface area (Å²) in [6, 6.07) is 17.0. The summed E-state index contributed by atoms with van der Waals surface area (Å²) in [6.45, 7) is 2.85. The normalized spacial score (nSPS) is 12.2. The highest BCUT2D eigenvalue weighted by atomic mass is 32.1. The van der Waals surface area contributed by atoms with Crippen LogP contribution < -0.4 is 11.1 Å². The Labute approximate surface area is 120 Å². The standard InChI is InChI=1S/C16H20N2S/c1-12-3-2-4-14(9-12)13-5-7-16(8-6-13)18-10-15(17)11-19/h2-9,15,18-19H,10-11,17H2,1H3/t15-/m1/s1. The fourth-order valence-corrected chi connectivity index (χ4v) is 2.05. The van der Waals surface area contributed by atoms with E-state index in [0.29, 0.717) is 5.75 Å². The fraction of sp³-hybridized carbons (Fsp3) is 0.250. The van der Waals surface area contributed by atoms with Gasteiger partial charge in [0, 0.05) is 24.0 Å². The monoisotopic (exact) mass is 272 g/mol. The van der Waals surface area contributed by atoms with Crippen LogP contribution in [0.2, 0.25) is 0 Å². The second-order valence-electron chi connectivity index (χ2n) is 4.77.